The number of aryl methyl sites for hydroxylation is 1. The summed E-state index contributed by atoms with van der Waals surface area (Å²) in [7, 11) is 0. The second kappa shape index (κ2) is 7.83. The van der Waals surface area contributed by atoms with Gasteiger partial charge in [-0.25, -0.2) is 4.98 Å². The lowest BCUT2D eigenvalue weighted by atomic mass is 9.90. The van der Waals surface area contributed by atoms with Crippen molar-refractivity contribution in [3.63, 3.8) is 0 Å². The molecule has 7 heteroatoms. The lowest BCUT2D eigenvalue weighted by Crippen LogP contribution is -2.40. The van der Waals surface area contributed by atoms with Gasteiger partial charge in [0.25, 0.3) is 0 Å². The van der Waals surface area contributed by atoms with E-state index in [2.05, 4.69) is 4.98 Å². The number of hydrogen-bond acceptors (Lipinski definition) is 4. The molecular weight excluding hydrogens is 343 g/mol. The smallest absolute Gasteiger partial charge is 0.401 e. The molecule has 0 bridgehead atoms. The Kier molecular flexibility index (Phi) is 5.71. The zero-order valence-electron chi connectivity index (χ0n) is 14.9. The van der Waals surface area contributed by atoms with Crippen molar-refractivity contribution in [3.8, 4) is 11.8 Å². The molecular formula is C19H24F3N3O. The fraction of sp³-hybridized carbons (Fsp3) is 0.684. The summed E-state index contributed by atoms with van der Waals surface area (Å²) < 4.78 is 43.1. The van der Waals surface area contributed by atoms with Crippen LogP contribution in [0.25, 0.3) is 0 Å². The van der Waals surface area contributed by atoms with Crippen molar-refractivity contribution in [2.45, 2.75) is 38.8 Å². The minimum Gasteiger partial charge on any atom is -0.493 e. The summed E-state index contributed by atoms with van der Waals surface area (Å²) in [6.45, 7) is 2.75. The zero-order chi connectivity index (χ0) is 18.7. The third-order valence-electron chi connectivity index (χ3n) is 5.42. The summed E-state index contributed by atoms with van der Waals surface area (Å²) >= 11 is 0. The number of pyridine rings is 1. The average Bonchev–Trinajstić information content (AvgIpc) is 3.33. The summed E-state index contributed by atoms with van der Waals surface area (Å²) in [6, 6.07) is 5.49. The Labute approximate surface area is 152 Å². The van der Waals surface area contributed by atoms with E-state index in [1.807, 2.05) is 19.1 Å². The van der Waals surface area contributed by atoms with E-state index in [0.717, 1.165) is 31.4 Å². The van der Waals surface area contributed by atoms with Crippen LogP contribution >= 0.6 is 0 Å². The molecule has 2 heterocycles. The molecule has 0 aromatic carbocycles. The number of hydrogen-bond donors (Lipinski definition) is 0. The van der Waals surface area contributed by atoms with Crippen LogP contribution in [0.5, 0.6) is 5.75 Å². The third-order valence-corrected chi connectivity index (χ3v) is 5.42. The van der Waals surface area contributed by atoms with Gasteiger partial charge in [0.05, 0.1) is 13.2 Å². The number of likely N-dealkylation sites (tertiary alicyclic amines) is 1. The molecule has 1 aliphatic heterocycles. The first kappa shape index (κ1) is 19.0. The van der Waals surface area contributed by atoms with Gasteiger partial charge in [-0.3, -0.25) is 4.90 Å². The van der Waals surface area contributed by atoms with E-state index in [1.165, 1.54) is 4.90 Å². The van der Waals surface area contributed by atoms with E-state index in [9.17, 15) is 13.2 Å². The second-order valence-corrected chi connectivity index (χ2v) is 7.47. The van der Waals surface area contributed by atoms with Gasteiger partial charge in [-0.1, -0.05) is 0 Å². The van der Waals surface area contributed by atoms with Crippen LogP contribution in [0.4, 0.5) is 13.2 Å². The molecule has 1 aliphatic carbocycles. The monoisotopic (exact) mass is 367 g/mol. The van der Waals surface area contributed by atoms with Gasteiger partial charge in [-0.05, 0) is 63.5 Å². The van der Waals surface area contributed by atoms with Crippen molar-refractivity contribution in [2.75, 3.05) is 26.2 Å². The van der Waals surface area contributed by atoms with Crippen molar-refractivity contribution in [1.82, 2.24) is 9.88 Å². The first-order valence-electron chi connectivity index (χ1n) is 9.15. The predicted octanol–water partition coefficient (Wildman–Crippen LogP) is 3.94. The normalized spacial score (nSPS) is 24.3. The Morgan fingerprint density at radius 3 is 2.69 bits per heavy atom. The molecule has 1 aromatic heterocycles. The highest BCUT2D eigenvalue weighted by Crippen LogP contribution is 2.49. The van der Waals surface area contributed by atoms with Gasteiger partial charge in [0.1, 0.15) is 17.5 Å². The highest BCUT2D eigenvalue weighted by Gasteiger charge is 2.43. The third kappa shape index (κ3) is 5.34. The van der Waals surface area contributed by atoms with Gasteiger partial charge in [0.2, 0.25) is 0 Å². The molecule has 0 spiro atoms. The van der Waals surface area contributed by atoms with E-state index in [0.29, 0.717) is 48.9 Å². The first-order valence-corrected chi connectivity index (χ1v) is 9.15. The topological polar surface area (TPSA) is 49.1 Å². The fourth-order valence-corrected chi connectivity index (χ4v) is 4.08. The van der Waals surface area contributed by atoms with E-state index in [-0.39, 0.29) is 0 Å². The Bertz CT molecular complexity index is 663. The number of halogens is 3. The van der Waals surface area contributed by atoms with Crippen LogP contribution in [0.15, 0.2) is 12.1 Å². The van der Waals surface area contributed by atoms with Crippen LogP contribution in [-0.2, 0) is 0 Å². The number of piperidine rings is 1. The van der Waals surface area contributed by atoms with Gasteiger partial charge in [-0.2, -0.15) is 18.4 Å². The highest BCUT2D eigenvalue weighted by molar-refractivity contribution is 5.32. The number of aromatic nitrogens is 1. The molecule has 3 rings (SSSR count). The summed E-state index contributed by atoms with van der Waals surface area (Å²) in [5, 5.41) is 8.94. The van der Waals surface area contributed by atoms with Crippen molar-refractivity contribution >= 4 is 0 Å². The quantitative estimate of drug-likeness (QED) is 0.764. The van der Waals surface area contributed by atoms with E-state index in [1.54, 1.807) is 6.07 Å². The van der Waals surface area contributed by atoms with E-state index >= 15 is 0 Å². The minimum absolute atomic E-state index is 0.356. The maximum atomic E-state index is 12.4. The van der Waals surface area contributed by atoms with Gasteiger partial charge >= 0.3 is 6.18 Å². The van der Waals surface area contributed by atoms with Gasteiger partial charge in [-0.15, -0.1) is 0 Å². The van der Waals surface area contributed by atoms with Crippen LogP contribution in [0.3, 0.4) is 0 Å². The van der Waals surface area contributed by atoms with Gasteiger partial charge < -0.3 is 4.74 Å². The van der Waals surface area contributed by atoms with Crippen molar-refractivity contribution < 1.29 is 17.9 Å². The first-order chi connectivity index (χ1) is 12.3. The van der Waals surface area contributed by atoms with Crippen LogP contribution in [-0.4, -0.2) is 42.3 Å². The maximum absolute atomic E-state index is 12.4. The van der Waals surface area contributed by atoms with Crippen molar-refractivity contribution in [3.05, 3.63) is 23.5 Å². The molecule has 0 N–H and O–H groups in total. The summed E-state index contributed by atoms with van der Waals surface area (Å²) in [4.78, 5) is 5.62. The molecule has 2 atom stereocenters. The largest absolute Gasteiger partial charge is 0.493 e. The maximum Gasteiger partial charge on any atom is 0.401 e. The SMILES string of the molecule is Cc1cc(OCCC2CC2C2CCN(CC(F)(F)F)CC2)cc(C#N)n1. The predicted molar refractivity (Wildman–Crippen MR) is 90.6 cm³/mol. The summed E-state index contributed by atoms with van der Waals surface area (Å²) in [6.07, 6.45) is -0.244. The molecule has 0 radical (unpaired) electrons. The molecule has 1 saturated heterocycles. The number of ether oxygens (including phenoxy) is 1. The van der Waals surface area contributed by atoms with E-state index < -0.39 is 12.7 Å². The van der Waals surface area contributed by atoms with Crippen LogP contribution in [0.2, 0.25) is 0 Å². The van der Waals surface area contributed by atoms with Crippen molar-refractivity contribution in [2.24, 2.45) is 17.8 Å². The summed E-state index contributed by atoms with van der Waals surface area (Å²) in [5.74, 6) is 2.48. The Morgan fingerprint density at radius 2 is 2.04 bits per heavy atom. The molecule has 0 amide bonds. The Balaban J connectivity index is 1.37. The van der Waals surface area contributed by atoms with Crippen LogP contribution in [0.1, 0.15) is 37.1 Å². The standard InChI is InChI=1S/C19H24F3N3O/c1-13-8-17(10-16(11-23)24-13)26-7-4-15-9-18(15)14-2-5-25(6-3-14)12-19(20,21)22/h8,10,14-15,18H,2-7,9,12H2,1H3. The van der Waals surface area contributed by atoms with E-state index in [4.69, 9.17) is 10.00 Å². The molecule has 1 saturated carbocycles. The lowest BCUT2D eigenvalue weighted by molar-refractivity contribution is -0.148. The molecule has 1 aromatic rings. The average molecular weight is 367 g/mol. The van der Waals surface area contributed by atoms with Crippen LogP contribution < -0.4 is 4.74 Å². The molecule has 2 unspecified atom stereocenters. The minimum atomic E-state index is -4.09. The Hall–Kier alpha value is -1.81. The zero-order valence-corrected chi connectivity index (χ0v) is 14.9. The Morgan fingerprint density at radius 1 is 1.31 bits per heavy atom. The van der Waals surface area contributed by atoms with Gasteiger partial charge in [0, 0.05) is 17.8 Å². The summed E-state index contributed by atoms with van der Waals surface area (Å²) in [5.41, 5.74) is 1.11. The fourth-order valence-electron chi connectivity index (χ4n) is 4.08. The lowest BCUT2D eigenvalue weighted by Gasteiger charge is -2.32. The number of rotatable bonds is 6. The van der Waals surface area contributed by atoms with Gasteiger partial charge in [0.15, 0.2) is 0 Å². The molecule has 2 fully saturated rings. The second-order valence-electron chi connectivity index (χ2n) is 7.47. The number of nitriles is 1. The molecule has 2 aliphatic rings. The highest BCUT2D eigenvalue weighted by atomic mass is 19.4. The number of alkyl halides is 3. The molecule has 26 heavy (non-hydrogen) atoms. The number of nitrogens with zero attached hydrogens (tertiary/aromatic N) is 3. The molecule has 142 valence electrons. The van der Waals surface area contributed by atoms with Crippen molar-refractivity contribution in [1.29, 1.82) is 5.26 Å². The molecule has 4 nitrogen and oxygen atoms in total. The van der Waals surface area contributed by atoms with Crippen LogP contribution in [0, 0.1) is 36.0 Å².